The number of hydrogen-bond donors (Lipinski definition) is 0. The fourth-order valence-corrected chi connectivity index (χ4v) is 5.05. The fourth-order valence-electron chi connectivity index (χ4n) is 5.05. The average Bonchev–Trinajstić information content (AvgIpc) is 3.51. The maximum atomic E-state index is 13.3. The molecule has 0 radical (unpaired) electrons. The first-order valence-electron chi connectivity index (χ1n) is 11.4. The van der Waals surface area contributed by atoms with Gasteiger partial charge in [-0.15, -0.1) is 5.10 Å². The Balaban J connectivity index is 1.27. The first-order chi connectivity index (χ1) is 16.0. The molecule has 1 unspecified atom stereocenters. The van der Waals surface area contributed by atoms with Gasteiger partial charge in [0.15, 0.2) is 11.5 Å². The number of halogens is 1. The van der Waals surface area contributed by atoms with E-state index >= 15 is 0 Å². The lowest BCUT2D eigenvalue weighted by molar-refractivity contribution is 0.365. The molecule has 1 saturated heterocycles. The van der Waals surface area contributed by atoms with E-state index in [-0.39, 0.29) is 5.82 Å². The Labute approximate surface area is 192 Å². The first-order valence-corrected chi connectivity index (χ1v) is 11.4. The summed E-state index contributed by atoms with van der Waals surface area (Å²) in [5.41, 5.74) is 7.68. The van der Waals surface area contributed by atoms with Crippen molar-refractivity contribution in [3.63, 3.8) is 0 Å². The lowest BCUT2D eigenvalue weighted by atomic mass is 10.1. The molecular formula is C27H26FN5. The monoisotopic (exact) mass is 439 g/mol. The van der Waals surface area contributed by atoms with Gasteiger partial charge in [-0.05, 0) is 49.2 Å². The van der Waals surface area contributed by atoms with Crippen molar-refractivity contribution < 1.29 is 4.39 Å². The normalized spacial score (nSPS) is 17.7. The first kappa shape index (κ1) is 20.0. The van der Waals surface area contributed by atoms with Crippen LogP contribution < -0.4 is 4.90 Å². The zero-order valence-electron chi connectivity index (χ0n) is 18.9. The molecule has 166 valence electrons. The molecule has 6 heteroatoms. The van der Waals surface area contributed by atoms with Crippen LogP contribution in [0.2, 0.25) is 0 Å². The van der Waals surface area contributed by atoms with Crippen molar-refractivity contribution >= 4 is 11.5 Å². The van der Waals surface area contributed by atoms with Gasteiger partial charge in [-0.1, -0.05) is 30.3 Å². The molecule has 0 bridgehead atoms. The van der Waals surface area contributed by atoms with Crippen LogP contribution in [0.3, 0.4) is 0 Å². The molecule has 6 rings (SSSR count). The van der Waals surface area contributed by atoms with E-state index in [0.29, 0.717) is 5.92 Å². The maximum absolute atomic E-state index is 13.3. The van der Waals surface area contributed by atoms with Gasteiger partial charge < -0.3 is 9.80 Å². The van der Waals surface area contributed by atoms with Crippen LogP contribution in [-0.2, 0) is 6.54 Å². The zero-order chi connectivity index (χ0) is 22.5. The zero-order valence-corrected chi connectivity index (χ0v) is 18.9. The fraction of sp³-hybridized carbons (Fsp3) is 0.259. The van der Waals surface area contributed by atoms with Gasteiger partial charge in [0.25, 0.3) is 0 Å². The molecule has 0 N–H and O–H groups in total. The average molecular weight is 440 g/mol. The molecule has 2 aromatic carbocycles. The second-order valence-corrected chi connectivity index (χ2v) is 9.17. The lowest BCUT2D eigenvalue weighted by Gasteiger charge is -2.23. The third-order valence-corrected chi connectivity index (χ3v) is 6.93. The van der Waals surface area contributed by atoms with Crippen LogP contribution in [0.1, 0.15) is 16.7 Å². The standard InChI is InChI=1S/C27H26FN5/c1-18-19(2)27(30-33-17-25(29-26(18)33)21-8-10-24(28)11-9-21)32-15-22-13-31(14-23(22)16-32)12-20-6-4-3-5-7-20/h3-11,13,17,23H,12,14-16H2,1-2H3. The van der Waals surface area contributed by atoms with Crippen molar-refractivity contribution in [2.75, 3.05) is 24.5 Å². The topological polar surface area (TPSA) is 36.7 Å². The van der Waals surface area contributed by atoms with Crippen molar-refractivity contribution in [2.24, 2.45) is 5.92 Å². The van der Waals surface area contributed by atoms with Gasteiger partial charge >= 0.3 is 0 Å². The van der Waals surface area contributed by atoms with Crippen LogP contribution in [0.5, 0.6) is 0 Å². The number of nitrogens with zero attached hydrogens (tertiary/aromatic N) is 5. The van der Waals surface area contributed by atoms with Gasteiger partial charge in [-0.3, -0.25) is 0 Å². The van der Waals surface area contributed by atoms with Crippen LogP contribution in [-0.4, -0.2) is 39.1 Å². The van der Waals surface area contributed by atoms with E-state index in [2.05, 4.69) is 60.2 Å². The molecule has 5 nitrogen and oxygen atoms in total. The molecular weight excluding hydrogens is 413 g/mol. The van der Waals surface area contributed by atoms with Gasteiger partial charge in [0.1, 0.15) is 5.82 Å². The maximum Gasteiger partial charge on any atom is 0.157 e. The number of fused-ring (bicyclic) bond motifs is 2. The quantitative estimate of drug-likeness (QED) is 0.449. The van der Waals surface area contributed by atoms with Gasteiger partial charge in [0.05, 0.1) is 11.9 Å². The number of rotatable bonds is 4. The molecule has 33 heavy (non-hydrogen) atoms. The Hall–Kier alpha value is -3.67. The minimum absolute atomic E-state index is 0.244. The molecule has 0 saturated carbocycles. The van der Waals surface area contributed by atoms with Crippen molar-refractivity contribution in [3.8, 4) is 11.3 Å². The Morgan fingerprint density at radius 1 is 0.970 bits per heavy atom. The molecule has 2 aromatic heterocycles. The molecule has 4 aromatic rings. The second-order valence-electron chi connectivity index (χ2n) is 9.17. The van der Waals surface area contributed by atoms with E-state index in [1.165, 1.54) is 28.8 Å². The SMILES string of the molecule is Cc1c(N2CC3=CN(Cc4ccccc4)CC3C2)nn2cc(-c3ccc(F)cc3)nc2c1C. The number of anilines is 1. The van der Waals surface area contributed by atoms with E-state index in [9.17, 15) is 4.39 Å². The highest BCUT2D eigenvalue weighted by atomic mass is 19.1. The minimum Gasteiger partial charge on any atom is -0.372 e. The van der Waals surface area contributed by atoms with Gasteiger partial charge in [0.2, 0.25) is 0 Å². The molecule has 4 heterocycles. The van der Waals surface area contributed by atoms with E-state index in [1.807, 2.05) is 10.7 Å². The number of hydrogen-bond acceptors (Lipinski definition) is 4. The van der Waals surface area contributed by atoms with Crippen LogP contribution in [0.4, 0.5) is 10.2 Å². The highest BCUT2D eigenvalue weighted by Gasteiger charge is 2.35. The van der Waals surface area contributed by atoms with Crippen molar-refractivity contribution in [3.05, 3.63) is 95.1 Å². The van der Waals surface area contributed by atoms with Crippen LogP contribution >= 0.6 is 0 Å². The summed E-state index contributed by atoms with van der Waals surface area (Å²) in [6, 6.07) is 17.1. The van der Waals surface area contributed by atoms with Gasteiger partial charge in [-0.25, -0.2) is 13.9 Å². The van der Waals surface area contributed by atoms with Gasteiger partial charge in [-0.2, -0.15) is 0 Å². The highest BCUT2D eigenvalue weighted by Crippen LogP contribution is 2.35. The molecule has 2 aliphatic heterocycles. The Bertz CT molecular complexity index is 1360. The predicted octanol–water partition coefficient (Wildman–Crippen LogP) is 4.99. The van der Waals surface area contributed by atoms with Crippen molar-refractivity contribution in [1.29, 1.82) is 0 Å². The van der Waals surface area contributed by atoms with E-state index in [4.69, 9.17) is 10.1 Å². The highest BCUT2D eigenvalue weighted by molar-refractivity contribution is 5.67. The number of imidazole rings is 1. The third kappa shape index (κ3) is 3.55. The molecule has 1 fully saturated rings. The van der Waals surface area contributed by atoms with Crippen LogP contribution in [0, 0.1) is 25.6 Å². The Morgan fingerprint density at radius 2 is 1.76 bits per heavy atom. The third-order valence-electron chi connectivity index (χ3n) is 6.93. The minimum atomic E-state index is -0.244. The number of aryl methyl sites for hydroxylation is 1. The van der Waals surface area contributed by atoms with Crippen LogP contribution in [0.15, 0.2) is 72.6 Å². The van der Waals surface area contributed by atoms with Gasteiger partial charge in [0, 0.05) is 55.0 Å². The van der Waals surface area contributed by atoms with E-state index in [1.54, 1.807) is 12.1 Å². The molecule has 0 amide bonds. The molecule has 0 aliphatic carbocycles. The smallest absolute Gasteiger partial charge is 0.157 e. The summed E-state index contributed by atoms with van der Waals surface area (Å²) in [5.74, 6) is 1.32. The lowest BCUT2D eigenvalue weighted by Crippen LogP contribution is -2.27. The summed E-state index contributed by atoms with van der Waals surface area (Å²) in [6.45, 7) is 8.15. The summed E-state index contributed by atoms with van der Waals surface area (Å²) in [6.07, 6.45) is 4.29. The van der Waals surface area contributed by atoms with Crippen LogP contribution in [0.25, 0.3) is 16.9 Å². The molecule has 0 spiro atoms. The summed E-state index contributed by atoms with van der Waals surface area (Å²) in [4.78, 5) is 9.62. The Kier molecular flexibility index (Phi) is 4.68. The number of benzene rings is 2. The van der Waals surface area contributed by atoms with Crippen molar-refractivity contribution in [1.82, 2.24) is 19.5 Å². The predicted molar refractivity (Wildman–Crippen MR) is 128 cm³/mol. The van der Waals surface area contributed by atoms with Crippen molar-refractivity contribution in [2.45, 2.75) is 20.4 Å². The second kappa shape index (κ2) is 7.73. The molecule has 2 aliphatic rings. The van der Waals surface area contributed by atoms with E-state index in [0.717, 1.165) is 54.5 Å². The summed E-state index contributed by atoms with van der Waals surface area (Å²) in [7, 11) is 0. The summed E-state index contributed by atoms with van der Waals surface area (Å²) in [5, 5.41) is 4.96. The largest absolute Gasteiger partial charge is 0.372 e. The number of aromatic nitrogens is 3. The summed E-state index contributed by atoms with van der Waals surface area (Å²) >= 11 is 0. The van der Waals surface area contributed by atoms with E-state index < -0.39 is 0 Å². The summed E-state index contributed by atoms with van der Waals surface area (Å²) < 4.78 is 15.2. The molecule has 1 atom stereocenters. The Morgan fingerprint density at radius 3 is 2.52 bits per heavy atom.